The maximum absolute atomic E-state index is 11.3. The van der Waals surface area contributed by atoms with E-state index in [9.17, 15) is 4.21 Å². The van der Waals surface area contributed by atoms with Crippen LogP contribution in [0.3, 0.4) is 0 Å². The SMILES string of the molecule is O=S1CCC(NC2COc3ccccc32)CC1. The molecule has 17 heavy (non-hydrogen) atoms. The van der Waals surface area contributed by atoms with E-state index >= 15 is 0 Å². The molecule has 0 aliphatic carbocycles. The van der Waals surface area contributed by atoms with Gasteiger partial charge in [0, 0.05) is 33.9 Å². The summed E-state index contributed by atoms with van der Waals surface area (Å²) in [5.41, 5.74) is 1.26. The fourth-order valence-electron chi connectivity index (χ4n) is 2.55. The van der Waals surface area contributed by atoms with Crippen LogP contribution in [0, 0.1) is 0 Å². The van der Waals surface area contributed by atoms with Crippen molar-refractivity contribution in [1.82, 2.24) is 5.32 Å². The molecule has 4 heteroatoms. The van der Waals surface area contributed by atoms with Crippen LogP contribution in [0.25, 0.3) is 0 Å². The first-order valence-electron chi connectivity index (χ1n) is 6.15. The summed E-state index contributed by atoms with van der Waals surface area (Å²) in [4.78, 5) is 0. The van der Waals surface area contributed by atoms with Gasteiger partial charge in [0.1, 0.15) is 12.4 Å². The number of nitrogens with one attached hydrogen (secondary N) is 1. The fraction of sp³-hybridized carbons (Fsp3) is 0.538. The van der Waals surface area contributed by atoms with E-state index in [0.717, 1.165) is 36.7 Å². The standard InChI is InChI=1S/C13H17NO2S/c15-17-7-5-10(6-8-17)14-12-9-16-13-4-2-1-3-11(12)13/h1-4,10,12,14H,5-9H2. The smallest absolute Gasteiger partial charge is 0.124 e. The molecule has 0 saturated carbocycles. The summed E-state index contributed by atoms with van der Waals surface area (Å²) >= 11 is 0. The molecule has 1 atom stereocenters. The molecule has 1 fully saturated rings. The minimum absolute atomic E-state index is 0.308. The first-order chi connectivity index (χ1) is 8.33. The van der Waals surface area contributed by atoms with E-state index < -0.39 is 10.8 Å². The molecule has 1 saturated heterocycles. The van der Waals surface area contributed by atoms with E-state index in [0.29, 0.717) is 12.1 Å². The highest BCUT2D eigenvalue weighted by Gasteiger charge is 2.27. The van der Waals surface area contributed by atoms with Crippen molar-refractivity contribution in [3.63, 3.8) is 0 Å². The summed E-state index contributed by atoms with van der Waals surface area (Å²) in [5, 5.41) is 3.64. The van der Waals surface area contributed by atoms with Gasteiger partial charge in [0.25, 0.3) is 0 Å². The fourth-order valence-corrected chi connectivity index (χ4v) is 3.84. The third-order valence-corrected chi connectivity index (χ3v) is 4.91. The van der Waals surface area contributed by atoms with Crippen molar-refractivity contribution in [2.75, 3.05) is 18.1 Å². The van der Waals surface area contributed by atoms with Crippen LogP contribution >= 0.6 is 0 Å². The molecule has 2 aliphatic heterocycles. The van der Waals surface area contributed by atoms with Crippen LogP contribution in [0.15, 0.2) is 24.3 Å². The molecule has 0 bridgehead atoms. The Labute approximate surface area is 104 Å². The Bertz CT molecular complexity index is 425. The van der Waals surface area contributed by atoms with Gasteiger partial charge in [0.05, 0.1) is 6.04 Å². The number of hydrogen-bond acceptors (Lipinski definition) is 3. The van der Waals surface area contributed by atoms with Gasteiger partial charge in [-0.05, 0) is 18.9 Å². The van der Waals surface area contributed by atoms with Crippen LogP contribution in [0.2, 0.25) is 0 Å². The molecule has 3 rings (SSSR count). The average Bonchev–Trinajstić information content (AvgIpc) is 2.76. The molecule has 0 amide bonds. The number of rotatable bonds is 2. The molecule has 1 N–H and O–H groups in total. The van der Waals surface area contributed by atoms with Crippen molar-refractivity contribution in [3.05, 3.63) is 29.8 Å². The Morgan fingerprint density at radius 3 is 2.82 bits per heavy atom. The van der Waals surface area contributed by atoms with Crippen molar-refractivity contribution in [2.24, 2.45) is 0 Å². The lowest BCUT2D eigenvalue weighted by molar-refractivity contribution is 0.292. The third kappa shape index (κ3) is 2.38. The van der Waals surface area contributed by atoms with Gasteiger partial charge >= 0.3 is 0 Å². The van der Waals surface area contributed by atoms with Crippen LogP contribution in [0.5, 0.6) is 5.75 Å². The zero-order chi connectivity index (χ0) is 11.7. The second-order valence-electron chi connectivity index (χ2n) is 4.69. The van der Waals surface area contributed by atoms with Crippen molar-refractivity contribution in [1.29, 1.82) is 0 Å². The summed E-state index contributed by atoms with van der Waals surface area (Å²) in [7, 11) is -0.580. The van der Waals surface area contributed by atoms with E-state index in [4.69, 9.17) is 4.74 Å². The molecule has 1 aromatic carbocycles. The number of hydrogen-bond donors (Lipinski definition) is 1. The summed E-state index contributed by atoms with van der Waals surface area (Å²) in [5.74, 6) is 2.68. The van der Waals surface area contributed by atoms with Crippen molar-refractivity contribution >= 4 is 10.8 Å². The molecule has 0 aromatic heterocycles. The van der Waals surface area contributed by atoms with Crippen LogP contribution in [0.4, 0.5) is 0 Å². The molecular formula is C13H17NO2S. The average molecular weight is 251 g/mol. The first kappa shape index (κ1) is 11.2. The zero-order valence-corrected chi connectivity index (χ0v) is 10.5. The van der Waals surface area contributed by atoms with E-state index in [1.807, 2.05) is 12.1 Å². The quantitative estimate of drug-likeness (QED) is 0.868. The lowest BCUT2D eigenvalue weighted by Gasteiger charge is -2.25. The normalized spacial score (nSPS) is 31.9. The molecular weight excluding hydrogens is 234 g/mol. The van der Waals surface area contributed by atoms with Gasteiger partial charge in [-0.25, -0.2) is 0 Å². The highest BCUT2D eigenvalue weighted by atomic mass is 32.2. The maximum Gasteiger partial charge on any atom is 0.124 e. The Morgan fingerprint density at radius 2 is 2.00 bits per heavy atom. The summed E-state index contributed by atoms with van der Waals surface area (Å²) in [6.45, 7) is 0.721. The minimum atomic E-state index is -0.580. The zero-order valence-electron chi connectivity index (χ0n) is 9.72. The molecule has 1 unspecified atom stereocenters. The predicted molar refractivity (Wildman–Crippen MR) is 68.7 cm³/mol. The highest BCUT2D eigenvalue weighted by Crippen LogP contribution is 2.32. The molecule has 3 nitrogen and oxygen atoms in total. The van der Waals surface area contributed by atoms with Crippen LogP contribution in [0.1, 0.15) is 24.4 Å². The summed E-state index contributed by atoms with van der Waals surface area (Å²) in [6, 6.07) is 9.01. The second-order valence-corrected chi connectivity index (χ2v) is 6.39. The van der Waals surface area contributed by atoms with Crippen LogP contribution in [-0.4, -0.2) is 28.4 Å². The van der Waals surface area contributed by atoms with Gasteiger partial charge < -0.3 is 10.1 Å². The van der Waals surface area contributed by atoms with Gasteiger partial charge in [-0.2, -0.15) is 0 Å². The van der Waals surface area contributed by atoms with E-state index in [-0.39, 0.29) is 0 Å². The second kappa shape index (κ2) is 4.78. The molecule has 0 spiro atoms. The van der Waals surface area contributed by atoms with Gasteiger partial charge in [0.15, 0.2) is 0 Å². The van der Waals surface area contributed by atoms with Gasteiger partial charge in [-0.1, -0.05) is 18.2 Å². The van der Waals surface area contributed by atoms with Gasteiger partial charge in [-0.3, -0.25) is 4.21 Å². The van der Waals surface area contributed by atoms with Gasteiger partial charge in [-0.15, -0.1) is 0 Å². The summed E-state index contributed by atoms with van der Waals surface area (Å²) < 4.78 is 17.0. The number of fused-ring (bicyclic) bond motifs is 1. The third-order valence-electron chi connectivity index (χ3n) is 3.52. The molecule has 1 aromatic rings. The lowest BCUT2D eigenvalue weighted by atomic mass is 10.1. The highest BCUT2D eigenvalue weighted by molar-refractivity contribution is 7.85. The Morgan fingerprint density at radius 1 is 1.24 bits per heavy atom. The number of para-hydroxylation sites is 1. The van der Waals surface area contributed by atoms with Gasteiger partial charge in [0.2, 0.25) is 0 Å². The van der Waals surface area contributed by atoms with Crippen LogP contribution < -0.4 is 10.1 Å². The van der Waals surface area contributed by atoms with E-state index in [2.05, 4.69) is 17.4 Å². The van der Waals surface area contributed by atoms with Crippen molar-refractivity contribution < 1.29 is 8.95 Å². The number of ether oxygens (including phenoxy) is 1. The Balaban J connectivity index is 1.65. The summed E-state index contributed by atoms with van der Waals surface area (Å²) in [6.07, 6.45) is 2.04. The molecule has 2 aliphatic rings. The first-order valence-corrected chi connectivity index (χ1v) is 7.64. The topological polar surface area (TPSA) is 38.3 Å². The Hall–Kier alpha value is -0.870. The van der Waals surface area contributed by atoms with Crippen LogP contribution in [-0.2, 0) is 10.8 Å². The van der Waals surface area contributed by atoms with E-state index in [1.54, 1.807) is 0 Å². The molecule has 92 valence electrons. The maximum atomic E-state index is 11.3. The largest absolute Gasteiger partial charge is 0.491 e. The van der Waals surface area contributed by atoms with Crippen molar-refractivity contribution in [2.45, 2.75) is 24.9 Å². The molecule has 2 heterocycles. The van der Waals surface area contributed by atoms with E-state index in [1.165, 1.54) is 5.56 Å². The molecule has 0 radical (unpaired) electrons. The monoisotopic (exact) mass is 251 g/mol. The lowest BCUT2D eigenvalue weighted by Crippen LogP contribution is -2.38. The number of benzene rings is 1. The Kier molecular flexibility index (Phi) is 3.16. The predicted octanol–water partition coefficient (Wildman–Crippen LogP) is 1.62. The minimum Gasteiger partial charge on any atom is -0.491 e. The van der Waals surface area contributed by atoms with Crippen molar-refractivity contribution in [3.8, 4) is 5.75 Å².